The van der Waals surface area contributed by atoms with E-state index in [9.17, 15) is 9.59 Å². The molecule has 3 N–H and O–H groups in total. The van der Waals surface area contributed by atoms with Crippen LogP contribution in [0.2, 0.25) is 0 Å². The lowest BCUT2D eigenvalue weighted by Gasteiger charge is -2.29. The number of nitrogens with two attached hydrogens (primary N) is 1. The van der Waals surface area contributed by atoms with E-state index in [4.69, 9.17) is 10.5 Å². The fourth-order valence-electron chi connectivity index (χ4n) is 1.93. The number of nitrogens with one attached hydrogen (secondary N) is 1. The zero-order valence-corrected chi connectivity index (χ0v) is 11.1. The molecule has 0 radical (unpaired) electrons. The lowest BCUT2D eigenvalue weighted by molar-refractivity contribution is -0.135. The number of carbonyl (C=O) groups is 2. The molecule has 0 aromatic heterocycles. The Balaban J connectivity index is 2.46. The molecule has 1 saturated carbocycles. The van der Waals surface area contributed by atoms with Crippen LogP contribution in [0.4, 0.5) is 0 Å². The minimum absolute atomic E-state index is 0.0107. The summed E-state index contributed by atoms with van der Waals surface area (Å²) in [6.45, 7) is 3.04. The molecular formula is C12H23N3O3. The third kappa shape index (κ3) is 4.62. The number of ether oxygens (including phenoxy) is 1. The van der Waals surface area contributed by atoms with E-state index in [-0.39, 0.29) is 30.9 Å². The summed E-state index contributed by atoms with van der Waals surface area (Å²) < 4.78 is 5.02. The van der Waals surface area contributed by atoms with Gasteiger partial charge in [0, 0.05) is 19.7 Å². The number of rotatable bonds is 8. The van der Waals surface area contributed by atoms with Crippen molar-refractivity contribution in [2.45, 2.75) is 25.8 Å². The van der Waals surface area contributed by atoms with Gasteiger partial charge in [-0.2, -0.15) is 0 Å². The molecule has 0 aromatic carbocycles. The van der Waals surface area contributed by atoms with Gasteiger partial charge in [0.1, 0.15) is 0 Å². The summed E-state index contributed by atoms with van der Waals surface area (Å²) in [7, 11) is 1.61. The Kier molecular flexibility index (Phi) is 6.07. The predicted molar refractivity (Wildman–Crippen MR) is 67.8 cm³/mol. The second-order valence-corrected chi connectivity index (χ2v) is 4.64. The average Bonchev–Trinajstić information content (AvgIpc) is 3.20. The lowest BCUT2D eigenvalue weighted by Crippen LogP contribution is -2.47. The van der Waals surface area contributed by atoms with Crippen LogP contribution in [0.15, 0.2) is 0 Å². The van der Waals surface area contributed by atoms with Crippen molar-refractivity contribution in [2.75, 3.05) is 33.4 Å². The number of methoxy groups -OCH3 is 1. The van der Waals surface area contributed by atoms with E-state index >= 15 is 0 Å². The fourth-order valence-corrected chi connectivity index (χ4v) is 1.93. The third-order valence-electron chi connectivity index (χ3n) is 3.27. The highest BCUT2D eigenvalue weighted by Crippen LogP contribution is 2.35. The molecule has 104 valence electrons. The first-order valence-electron chi connectivity index (χ1n) is 6.35. The van der Waals surface area contributed by atoms with Gasteiger partial charge in [-0.15, -0.1) is 0 Å². The SMILES string of the molecule is COCCN(C(=O)CNC(=O)CN)C(C)C1CC1. The van der Waals surface area contributed by atoms with Crippen LogP contribution in [-0.2, 0) is 14.3 Å². The molecular weight excluding hydrogens is 234 g/mol. The van der Waals surface area contributed by atoms with Crippen molar-refractivity contribution in [3.8, 4) is 0 Å². The number of carbonyl (C=O) groups excluding carboxylic acids is 2. The highest BCUT2D eigenvalue weighted by molar-refractivity contribution is 5.85. The second kappa shape index (κ2) is 7.33. The topological polar surface area (TPSA) is 84.7 Å². The van der Waals surface area contributed by atoms with Crippen LogP contribution in [0.5, 0.6) is 0 Å². The first-order chi connectivity index (χ1) is 8.60. The fraction of sp³-hybridized carbons (Fsp3) is 0.833. The molecule has 0 spiro atoms. The maximum Gasteiger partial charge on any atom is 0.242 e. The predicted octanol–water partition coefficient (Wildman–Crippen LogP) is -0.665. The van der Waals surface area contributed by atoms with E-state index in [1.807, 2.05) is 0 Å². The molecule has 0 saturated heterocycles. The highest BCUT2D eigenvalue weighted by Gasteiger charge is 2.33. The number of nitrogens with zero attached hydrogens (tertiary/aromatic N) is 1. The normalized spacial score (nSPS) is 16.2. The van der Waals surface area contributed by atoms with Gasteiger partial charge < -0.3 is 20.7 Å². The van der Waals surface area contributed by atoms with Gasteiger partial charge in [-0.3, -0.25) is 9.59 Å². The van der Waals surface area contributed by atoms with Gasteiger partial charge >= 0.3 is 0 Å². The molecule has 1 fully saturated rings. The number of hydrogen-bond donors (Lipinski definition) is 2. The monoisotopic (exact) mass is 257 g/mol. The third-order valence-corrected chi connectivity index (χ3v) is 3.27. The molecule has 0 bridgehead atoms. The van der Waals surface area contributed by atoms with Crippen molar-refractivity contribution in [1.29, 1.82) is 0 Å². The molecule has 1 aliphatic rings. The Bertz CT molecular complexity index is 292. The minimum atomic E-state index is -0.311. The van der Waals surface area contributed by atoms with Crippen LogP contribution in [0.1, 0.15) is 19.8 Å². The van der Waals surface area contributed by atoms with Crippen molar-refractivity contribution in [3.05, 3.63) is 0 Å². The molecule has 18 heavy (non-hydrogen) atoms. The summed E-state index contributed by atoms with van der Waals surface area (Å²) in [4.78, 5) is 24.9. The highest BCUT2D eigenvalue weighted by atomic mass is 16.5. The van der Waals surface area contributed by atoms with Crippen LogP contribution in [-0.4, -0.2) is 56.1 Å². The molecule has 1 rings (SSSR count). The van der Waals surface area contributed by atoms with Crippen LogP contribution >= 0.6 is 0 Å². The molecule has 1 aliphatic carbocycles. The smallest absolute Gasteiger partial charge is 0.242 e. The van der Waals surface area contributed by atoms with E-state index in [0.717, 1.165) is 0 Å². The molecule has 0 heterocycles. The zero-order valence-electron chi connectivity index (χ0n) is 11.1. The minimum Gasteiger partial charge on any atom is -0.383 e. The van der Waals surface area contributed by atoms with Gasteiger partial charge in [0.25, 0.3) is 0 Å². The van der Waals surface area contributed by atoms with Crippen molar-refractivity contribution < 1.29 is 14.3 Å². The Labute approximate surface area is 108 Å². The summed E-state index contributed by atoms with van der Waals surface area (Å²) in [6, 6.07) is 0.211. The summed E-state index contributed by atoms with van der Waals surface area (Å²) >= 11 is 0. The maximum absolute atomic E-state index is 12.1. The quantitative estimate of drug-likeness (QED) is 0.604. The Morgan fingerprint density at radius 2 is 2.17 bits per heavy atom. The summed E-state index contributed by atoms with van der Waals surface area (Å²) in [5, 5.41) is 2.51. The average molecular weight is 257 g/mol. The van der Waals surface area contributed by atoms with Crippen molar-refractivity contribution in [3.63, 3.8) is 0 Å². The van der Waals surface area contributed by atoms with E-state index < -0.39 is 0 Å². The number of hydrogen-bond acceptors (Lipinski definition) is 4. The van der Waals surface area contributed by atoms with Crippen LogP contribution in [0.25, 0.3) is 0 Å². The first-order valence-corrected chi connectivity index (χ1v) is 6.35. The maximum atomic E-state index is 12.1. The van der Waals surface area contributed by atoms with E-state index in [0.29, 0.717) is 19.1 Å². The van der Waals surface area contributed by atoms with Gasteiger partial charge in [-0.25, -0.2) is 0 Å². The largest absolute Gasteiger partial charge is 0.383 e. The first kappa shape index (κ1) is 14.9. The van der Waals surface area contributed by atoms with Gasteiger partial charge in [-0.1, -0.05) is 0 Å². The van der Waals surface area contributed by atoms with Crippen LogP contribution < -0.4 is 11.1 Å². The van der Waals surface area contributed by atoms with Crippen LogP contribution in [0, 0.1) is 5.92 Å². The van der Waals surface area contributed by atoms with Crippen molar-refractivity contribution >= 4 is 11.8 Å². The van der Waals surface area contributed by atoms with E-state index in [1.165, 1.54) is 12.8 Å². The van der Waals surface area contributed by atoms with E-state index in [1.54, 1.807) is 12.0 Å². The summed E-state index contributed by atoms with van der Waals surface area (Å²) in [6.07, 6.45) is 2.35. The molecule has 0 aromatic rings. The van der Waals surface area contributed by atoms with Gasteiger partial charge in [-0.05, 0) is 25.7 Å². The Morgan fingerprint density at radius 3 is 2.67 bits per heavy atom. The van der Waals surface area contributed by atoms with Gasteiger partial charge in [0.2, 0.25) is 11.8 Å². The molecule has 6 heteroatoms. The standard InChI is InChI=1S/C12H23N3O3/c1-9(10-3-4-10)15(5-6-18-2)12(17)8-14-11(16)7-13/h9-10H,3-8,13H2,1-2H3,(H,14,16). The van der Waals surface area contributed by atoms with Crippen molar-refractivity contribution in [2.24, 2.45) is 11.7 Å². The summed E-state index contributed by atoms with van der Waals surface area (Å²) in [5.41, 5.74) is 5.18. The molecule has 6 nitrogen and oxygen atoms in total. The lowest BCUT2D eigenvalue weighted by atomic mass is 10.2. The molecule has 1 atom stereocenters. The summed E-state index contributed by atoms with van der Waals surface area (Å²) in [5.74, 6) is 0.207. The Hall–Kier alpha value is -1.14. The van der Waals surface area contributed by atoms with Gasteiger partial charge in [0.15, 0.2) is 0 Å². The number of amides is 2. The zero-order chi connectivity index (χ0) is 13.5. The Morgan fingerprint density at radius 1 is 1.50 bits per heavy atom. The molecule has 2 amide bonds. The second-order valence-electron chi connectivity index (χ2n) is 4.64. The molecule has 1 unspecified atom stereocenters. The molecule has 0 aliphatic heterocycles. The van der Waals surface area contributed by atoms with Crippen molar-refractivity contribution in [1.82, 2.24) is 10.2 Å². The van der Waals surface area contributed by atoms with E-state index in [2.05, 4.69) is 12.2 Å². The van der Waals surface area contributed by atoms with Gasteiger partial charge in [0.05, 0.1) is 19.7 Å². The van der Waals surface area contributed by atoms with Crippen LogP contribution in [0.3, 0.4) is 0 Å².